The molecule has 1 atom stereocenters. The Balaban J connectivity index is 2.00. The molecule has 0 amide bonds. The zero-order chi connectivity index (χ0) is 25.3. The molecule has 0 aliphatic carbocycles. The van der Waals surface area contributed by atoms with Gasteiger partial charge in [-0.25, -0.2) is 23.7 Å². The number of nitrogens with one attached hydrogen (secondary N) is 1. The maximum atomic E-state index is 13.7. The minimum absolute atomic E-state index is 0.0122. The Morgan fingerprint density at radius 1 is 1.09 bits per heavy atom. The minimum Gasteiger partial charge on any atom is -0.382 e. The van der Waals surface area contributed by atoms with Gasteiger partial charge in [-0.15, -0.1) is 0 Å². The number of nitrogens with two attached hydrogens (primary N) is 1. The number of halogens is 2. The number of hydrogen-bond acceptors (Lipinski definition) is 8. The number of benzene rings is 2. The van der Waals surface area contributed by atoms with E-state index in [1.54, 1.807) is 32.0 Å². The summed E-state index contributed by atoms with van der Waals surface area (Å²) in [6.45, 7) is 3.28. The largest absolute Gasteiger partial charge is 0.382 e. The van der Waals surface area contributed by atoms with E-state index in [0.29, 0.717) is 5.82 Å². The van der Waals surface area contributed by atoms with Crippen LogP contribution in [0.4, 0.5) is 20.4 Å². The van der Waals surface area contributed by atoms with Gasteiger partial charge in [-0.1, -0.05) is 18.2 Å². The first-order chi connectivity index (χ1) is 16.7. The van der Waals surface area contributed by atoms with Crippen molar-refractivity contribution >= 4 is 22.5 Å². The van der Waals surface area contributed by atoms with Crippen LogP contribution >= 0.6 is 0 Å². The second kappa shape index (κ2) is 9.15. The summed E-state index contributed by atoms with van der Waals surface area (Å²) >= 11 is 0. The predicted molar refractivity (Wildman–Crippen MR) is 125 cm³/mol. The lowest BCUT2D eigenvalue weighted by atomic mass is 10.1. The molecule has 174 valence electrons. The van der Waals surface area contributed by atoms with E-state index in [9.17, 15) is 24.1 Å². The smallest absolute Gasteiger partial charge is 0.266 e. The lowest BCUT2D eigenvalue weighted by molar-refractivity contribution is 0.153. The first kappa shape index (κ1) is 23.3. The summed E-state index contributed by atoms with van der Waals surface area (Å²) in [6.07, 6.45) is -2.89. The fourth-order valence-electron chi connectivity index (χ4n) is 3.79. The summed E-state index contributed by atoms with van der Waals surface area (Å²) in [4.78, 5) is 26.4. The maximum absolute atomic E-state index is 13.7. The van der Waals surface area contributed by atoms with Crippen LogP contribution in [0.3, 0.4) is 0 Å². The molecule has 11 heteroatoms. The minimum atomic E-state index is -2.89. The highest BCUT2D eigenvalue weighted by Crippen LogP contribution is 2.28. The van der Waals surface area contributed by atoms with Crippen molar-refractivity contribution in [2.45, 2.75) is 26.3 Å². The molecule has 2 aromatic heterocycles. The third-order valence-corrected chi connectivity index (χ3v) is 5.33. The van der Waals surface area contributed by atoms with Crippen LogP contribution in [0.25, 0.3) is 16.6 Å². The van der Waals surface area contributed by atoms with E-state index in [0.717, 1.165) is 0 Å². The summed E-state index contributed by atoms with van der Waals surface area (Å²) in [5, 5.41) is 21.7. The van der Waals surface area contributed by atoms with E-state index in [1.165, 1.54) is 28.8 Å². The molecule has 4 rings (SSSR count). The summed E-state index contributed by atoms with van der Waals surface area (Å²) in [5.74, 6) is 0.603. The molecule has 4 aromatic rings. The quantitative estimate of drug-likeness (QED) is 0.444. The van der Waals surface area contributed by atoms with Gasteiger partial charge in [0.15, 0.2) is 5.82 Å². The number of nitrogen functional groups attached to an aromatic ring is 1. The van der Waals surface area contributed by atoms with Gasteiger partial charge < -0.3 is 11.1 Å². The van der Waals surface area contributed by atoms with Crippen LogP contribution in [0.1, 0.15) is 47.7 Å². The fourth-order valence-corrected chi connectivity index (χ4v) is 3.79. The van der Waals surface area contributed by atoms with E-state index in [4.69, 9.17) is 5.73 Å². The van der Waals surface area contributed by atoms with Crippen molar-refractivity contribution in [2.75, 3.05) is 11.1 Å². The van der Waals surface area contributed by atoms with Gasteiger partial charge in [0.25, 0.3) is 12.0 Å². The fraction of sp³-hybridized carbons (Fsp3) is 0.167. The molecule has 0 aliphatic heterocycles. The zero-order valence-electron chi connectivity index (χ0n) is 18.6. The Morgan fingerprint density at radius 2 is 1.83 bits per heavy atom. The molecule has 9 nitrogen and oxygen atoms in total. The summed E-state index contributed by atoms with van der Waals surface area (Å²) in [7, 11) is 0. The molecule has 0 spiro atoms. The number of nitrogens with zero attached hydrogens (tertiary/aromatic N) is 6. The lowest BCUT2D eigenvalue weighted by Crippen LogP contribution is -2.28. The summed E-state index contributed by atoms with van der Waals surface area (Å²) in [5.41, 5.74) is 5.35. The summed E-state index contributed by atoms with van der Waals surface area (Å²) < 4.78 is 28.7. The lowest BCUT2D eigenvalue weighted by Gasteiger charge is -2.21. The van der Waals surface area contributed by atoms with Gasteiger partial charge in [-0.2, -0.15) is 10.5 Å². The van der Waals surface area contributed by atoms with Crippen LogP contribution in [0.5, 0.6) is 0 Å². The van der Waals surface area contributed by atoms with Gasteiger partial charge in [0, 0.05) is 5.56 Å². The zero-order valence-corrected chi connectivity index (χ0v) is 18.6. The van der Waals surface area contributed by atoms with Crippen LogP contribution in [-0.4, -0.2) is 19.5 Å². The highest BCUT2D eigenvalue weighted by atomic mass is 19.3. The standard InChI is InChI=1S/C24H18F2N8O/c1-12(30-22-17(11-28)21(29)31-13(2)32-22)23-33-18-8-4-7-16(20(25)26)19(18)24(35)34(23)15-6-3-5-14(9-15)10-27/h3-9,12,20H,1-2H3,(H3,29,30,31,32). The van der Waals surface area contributed by atoms with Crippen LogP contribution in [-0.2, 0) is 0 Å². The number of anilines is 2. The molecule has 0 aliphatic rings. The van der Waals surface area contributed by atoms with E-state index in [1.807, 2.05) is 12.1 Å². The van der Waals surface area contributed by atoms with E-state index >= 15 is 0 Å². The van der Waals surface area contributed by atoms with E-state index < -0.39 is 23.6 Å². The monoisotopic (exact) mass is 472 g/mol. The topological polar surface area (TPSA) is 146 Å². The molecule has 0 saturated carbocycles. The van der Waals surface area contributed by atoms with Crippen molar-refractivity contribution in [1.82, 2.24) is 19.5 Å². The van der Waals surface area contributed by atoms with Crippen LogP contribution < -0.4 is 16.6 Å². The first-order valence-corrected chi connectivity index (χ1v) is 10.4. The molecule has 0 radical (unpaired) electrons. The number of rotatable bonds is 5. The van der Waals surface area contributed by atoms with Gasteiger partial charge in [-0.05, 0) is 38.1 Å². The number of nitriles is 2. The van der Waals surface area contributed by atoms with Crippen LogP contribution in [0.2, 0.25) is 0 Å². The highest BCUT2D eigenvalue weighted by molar-refractivity contribution is 5.82. The molecule has 3 N–H and O–H groups in total. The Labute approximate surface area is 198 Å². The molecule has 0 saturated heterocycles. The van der Waals surface area contributed by atoms with E-state index in [2.05, 4.69) is 20.3 Å². The summed E-state index contributed by atoms with van der Waals surface area (Å²) in [6, 6.07) is 13.4. The Kier molecular flexibility index (Phi) is 6.08. The van der Waals surface area contributed by atoms with Crippen LogP contribution in [0, 0.1) is 29.6 Å². The third kappa shape index (κ3) is 4.23. The predicted octanol–water partition coefficient (Wildman–Crippen LogP) is 3.92. The molecular weight excluding hydrogens is 454 g/mol. The maximum Gasteiger partial charge on any atom is 0.266 e. The first-order valence-electron chi connectivity index (χ1n) is 10.4. The average molecular weight is 472 g/mol. The van der Waals surface area contributed by atoms with Crippen LogP contribution in [0.15, 0.2) is 47.3 Å². The van der Waals surface area contributed by atoms with Gasteiger partial charge >= 0.3 is 0 Å². The van der Waals surface area contributed by atoms with Gasteiger partial charge in [-0.3, -0.25) is 9.36 Å². The Hall–Kier alpha value is -4.90. The van der Waals surface area contributed by atoms with Crippen molar-refractivity contribution in [3.63, 3.8) is 0 Å². The molecule has 0 fully saturated rings. The van der Waals surface area contributed by atoms with Gasteiger partial charge in [0.1, 0.15) is 29.1 Å². The van der Waals surface area contributed by atoms with Crippen molar-refractivity contribution in [3.05, 3.63) is 81.2 Å². The third-order valence-electron chi connectivity index (χ3n) is 5.33. The molecule has 35 heavy (non-hydrogen) atoms. The second-order valence-electron chi connectivity index (χ2n) is 7.67. The number of aryl methyl sites for hydroxylation is 1. The highest BCUT2D eigenvalue weighted by Gasteiger charge is 2.23. The normalized spacial score (nSPS) is 11.7. The SMILES string of the molecule is Cc1nc(N)c(C#N)c(NC(C)c2nc3cccc(C(F)F)c3c(=O)n2-c2cccc(C#N)c2)n1. The number of alkyl halides is 2. The molecular formula is C24H18F2N8O. The second-order valence-corrected chi connectivity index (χ2v) is 7.67. The molecule has 2 heterocycles. The van der Waals surface area contributed by atoms with Crippen molar-refractivity contribution in [1.29, 1.82) is 10.5 Å². The van der Waals surface area contributed by atoms with Crippen molar-refractivity contribution in [3.8, 4) is 17.8 Å². The molecule has 2 aromatic carbocycles. The average Bonchev–Trinajstić information content (AvgIpc) is 2.83. The number of hydrogen-bond donors (Lipinski definition) is 2. The Bertz CT molecular complexity index is 1600. The molecule has 0 bridgehead atoms. The van der Waals surface area contributed by atoms with E-state index in [-0.39, 0.29) is 45.2 Å². The van der Waals surface area contributed by atoms with Gasteiger partial charge in [0.05, 0.1) is 34.3 Å². The van der Waals surface area contributed by atoms with Gasteiger partial charge in [0.2, 0.25) is 0 Å². The Morgan fingerprint density at radius 3 is 2.51 bits per heavy atom. The number of aromatic nitrogens is 4. The molecule has 1 unspecified atom stereocenters. The van der Waals surface area contributed by atoms with Crippen molar-refractivity contribution in [2.24, 2.45) is 0 Å². The van der Waals surface area contributed by atoms with Crippen molar-refractivity contribution < 1.29 is 8.78 Å². The number of fused-ring (bicyclic) bond motifs is 1.